The van der Waals surface area contributed by atoms with Crippen LogP contribution in [0.1, 0.15) is 11.1 Å². The van der Waals surface area contributed by atoms with Crippen molar-refractivity contribution < 1.29 is 24.0 Å². The first-order valence-corrected chi connectivity index (χ1v) is 13.9. The third-order valence-electron chi connectivity index (χ3n) is 5.33. The topological polar surface area (TPSA) is 119 Å². The third kappa shape index (κ3) is 6.82. The fourth-order valence-electron chi connectivity index (χ4n) is 3.46. The molecule has 38 heavy (non-hydrogen) atoms. The molecule has 0 radical (unpaired) electrons. The fourth-order valence-corrected chi connectivity index (χ4v) is 5.13. The molecule has 0 atom stereocenters. The molecular formula is C26H20BrN3O6S2. The molecule has 4 rings (SSSR count). The first kappa shape index (κ1) is 27.4. The molecule has 3 aromatic rings. The highest BCUT2D eigenvalue weighted by atomic mass is 79.9. The van der Waals surface area contributed by atoms with Crippen molar-refractivity contribution in [2.24, 2.45) is 0 Å². The van der Waals surface area contributed by atoms with Gasteiger partial charge in [-0.05, 0) is 78.2 Å². The van der Waals surface area contributed by atoms with Gasteiger partial charge in [0.25, 0.3) is 16.8 Å². The smallest absolute Gasteiger partial charge is 0.294 e. The van der Waals surface area contributed by atoms with Crippen LogP contribution in [0, 0.1) is 10.1 Å². The van der Waals surface area contributed by atoms with Gasteiger partial charge in [-0.1, -0.05) is 22.0 Å². The minimum atomic E-state index is -0.575. The summed E-state index contributed by atoms with van der Waals surface area (Å²) in [6, 6.07) is 18.5. The van der Waals surface area contributed by atoms with Crippen molar-refractivity contribution in [3.63, 3.8) is 0 Å². The maximum Gasteiger partial charge on any atom is 0.294 e. The molecule has 3 aromatic carbocycles. The number of carbonyl (C=O) groups excluding carboxylic acids is 3. The second-order valence-electron chi connectivity index (χ2n) is 7.94. The average molecular weight is 614 g/mol. The Morgan fingerprint density at radius 3 is 2.63 bits per heavy atom. The van der Waals surface area contributed by atoms with E-state index in [9.17, 15) is 24.5 Å². The van der Waals surface area contributed by atoms with E-state index in [4.69, 9.17) is 4.74 Å². The molecule has 0 saturated carbocycles. The van der Waals surface area contributed by atoms with E-state index in [2.05, 4.69) is 21.2 Å². The van der Waals surface area contributed by atoms with E-state index in [0.717, 1.165) is 31.6 Å². The number of benzene rings is 3. The van der Waals surface area contributed by atoms with E-state index >= 15 is 0 Å². The Labute approximate surface area is 234 Å². The second-order valence-corrected chi connectivity index (χ2v) is 10.7. The van der Waals surface area contributed by atoms with Crippen molar-refractivity contribution >= 4 is 74.0 Å². The number of nitro groups is 1. The highest BCUT2D eigenvalue weighted by molar-refractivity contribution is 9.10. The number of amides is 3. The van der Waals surface area contributed by atoms with Crippen LogP contribution in [0.4, 0.5) is 16.2 Å². The molecule has 3 amide bonds. The molecule has 0 bridgehead atoms. The van der Waals surface area contributed by atoms with Gasteiger partial charge in [0.05, 0.1) is 9.83 Å². The van der Waals surface area contributed by atoms with Crippen molar-refractivity contribution in [1.29, 1.82) is 0 Å². The number of rotatable bonds is 9. The molecule has 0 unspecified atom stereocenters. The van der Waals surface area contributed by atoms with Crippen LogP contribution < -0.4 is 10.1 Å². The van der Waals surface area contributed by atoms with E-state index in [1.165, 1.54) is 23.9 Å². The van der Waals surface area contributed by atoms with E-state index in [-0.39, 0.29) is 17.2 Å². The number of hydrogen-bond acceptors (Lipinski definition) is 8. The summed E-state index contributed by atoms with van der Waals surface area (Å²) < 4.78 is 6.64. The average Bonchev–Trinajstić information content (AvgIpc) is 3.15. The molecule has 0 spiro atoms. The molecular weight excluding hydrogens is 594 g/mol. The monoisotopic (exact) mass is 613 g/mol. The summed E-state index contributed by atoms with van der Waals surface area (Å²) in [5, 5.41) is 13.0. The van der Waals surface area contributed by atoms with Gasteiger partial charge in [0, 0.05) is 32.8 Å². The minimum Gasteiger partial charge on any atom is -0.488 e. The van der Waals surface area contributed by atoms with Crippen LogP contribution in [0.2, 0.25) is 0 Å². The maximum absolute atomic E-state index is 13.0. The molecule has 194 valence electrons. The van der Waals surface area contributed by atoms with Crippen LogP contribution in [0.25, 0.3) is 6.08 Å². The highest BCUT2D eigenvalue weighted by Gasteiger charge is 2.36. The van der Waals surface area contributed by atoms with E-state index in [1.807, 2.05) is 24.5 Å². The number of ether oxygens (including phenoxy) is 1. The van der Waals surface area contributed by atoms with Crippen LogP contribution in [0.3, 0.4) is 0 Å². The van der Waals surface area contributed by atoms with E-state index < -0.39 is 28.5 Å². The van der Waals surface area contributed by atoms with Gasteiger partial charge in [-0.25, -0.2) is 0 Å². The van der Waals surface area contributed by atoms with Gasteiger partial charge in [0.2, 0.25) is 5.91 Å². The number of thioether (sulfide) groups is 2. The third-order valence-corrected chi connectivity index (χ3v) is 7.45. The van der Waals surface area contributed by atoms with E-state index in [1.54, 1.807) is 42.5 Å². The number of hydrogen-bond donors (Lipinski definition) is 1. The lowest BCUT2D eigenvalue weighted by molar-refractivity contribution is -0.384. The van der Waals surface area contributed by atoms with Crippen molar-refractivity contribution in [3.8, 4) is 5.75 Å². The second kappa shape index (κ2) is 12.3. The summed E-state index contributed by atoms with van der Waals surface area (Å²) in [6.45, 7) is -0.270. The number of nitrogens with zero attached hydrogens (tertiary/aromatic N) is 2. The maximum atomic E-state index is 13.0. The van der Waals surface area contributed by atoms with Crippen molar-refractivity contribution in [2.45, 2.75) is 11.5 Å². The number of anilines is 1. The molecule has 1 aliphatic rings. The van der Waals surface area contributed by atoms with Crippen LogP contribution in [0.15, 0.2) is 81.0 Å². The van der Waals surface area contributed by atoms with E-state index in [0.29, 0.717) is 17.0 Å². The lowest BCUT2D eigenvalue weighted by atomic mass is 10.1. The highest BCUT2D eigenvalue weighted by Crippen LogP contribution is 2.35. The first-order chi connectivity index (χ1) is 18.2. The summed E-state index contributed by atoms with van der Waals surface area (Å²) in [6.07, 6.45) is 3.46. The quantitative estimate of drug-likeness (QED) is 0.129. The molecule has 0 aromatic heterocycles. The predicted octanol–water partition coefficient (Wildman–Crippen LogP) is 6.33. The van der Waals surface area contributed by atoms with Gasteiger partial charge in [-0.15, -0.1) is 11.8 Å². The zero-order valence-corrected chi connectivity index (χ0v) is 23.1. The Kier molecular flexibility index (Phi) is 8.87. The molecule has 1 N–H and O–H groups in total. The number of halogens is 1. The zero-order valence-electron chi connectivity index (χ0n) is 19.9. The number of nitrogens with one attached hydrogen (secondary N) is 1. The van der Waals surface area contributed by atoms with Crippen molar-refractivity contribution in [3.05, 3.63) is 97.3 Å². The molecule has 9 nitrogen and oxygen atoms in total. The summed E-state index contributed by atoms with van der Waals surface area (Å²) in [4.78, 5) is 50.5. The lowest BCUT2D eigenvalue weighted by Gasteiger charge is -2.13. The number of imide groups is 1. The summed E-state index contributed by atoms with van der Waals surface area (Å²) in [7, 11) is 0. The van der Waals surface area contributed by atoms with Crippen LogP contribution in [-0.2, 0) is 16.2 Å². The Balaban J connectivity index is 1.46. The van der Waals surface area contributed by atoms with Crippen LogP contribution in [0.5, 0.6) is 5.75 Å². The van der Waals surface area contributed by atoms with Gasteiger partial charge in [-0.2, -0.15) is 0 Å². The fraction of sp³-hybridized carbons (Fsp3) is 0.115. The minimum absolute atomic E-state index is 0.0176. The number of carbonyl (C=O) groups is 3. The first-order valence-electron chi connectivity index (χ1n) is 11.1. The zero-order chi connectivity index (χ0) is 27.2. The van der Waals surface area contributed by atoms with Gasteiger partial charge in [0.1, 0.15) is 18.9 Å². The van der Waals surface area contributed by atoms with Gasteiger partial charge < -0.3 is 10.1 Å². The Bertz CT molecular complexity index is 1450. The molecule has 12 heteroatoms. The Morgan fingerprint density at radius 2 is 1.92 bits per heavy atom. The van der Waals surface area contributed by atoms with Crippen LogP contribution in [-0.4, -0.2) is 39.7 Å². The van der Waals surface area contributed by atoms with Crippen molar-refractivity contribution in [1.82, 2.24) is 4.90 Å². The standard InChI is InChI=1S/C26H20BrN3O6S2/c1-37-21-4-2-3-19(13-21)28-24(31)14-29-25(32)23(38-26(29)33)12-17-11-18(27)7-10-22(17)36-15-16-5-8-20(9-6-16)30(34)35/h2-13H,14-15H2,1H3,(H,28,31)/b23-12-. The Hall–Kier alpha value is -3.61. The van der Waals surface area contributed by atoms with Gasteiger partial charge >= 0.3 is 0 Å². The summed E-state index contributed by atoms with van der Waals surface area (Å²) in [5.74, 6) is -0.611. The number of non-ortho nitro benzene ring substituents is 1. The predicted molar refractivity (Wildman–Crippen MR) is 151 cm³/mol. The van der Waals surface area contributed by atoms with Gasteiger partial charge in [-0.3, -0.25) is 29.4 Å². The van der Waals surface area contributed by atoms with Crippen molar-refractivity contribution in [2.75, 3.05) is 18.1 Å². The summed E-state index contributed by atoms with van der Waals surface area (Å²) >= 11 is 5.68. The SMILES string of the molecule is CSc1cccc(NC(=O)CN2C(=O)S/C(=C\c3cc(Br)ccc3OCc3ccc([N+](=O)[O-])cc3)C2=O)c1. The Morgan fingerprint density at radius 1 is 1.16 bits per heavy atom. The lowest BCUT2D eigenvalue weighted by Crippen LogP contribution is -2.36. The largest absolute Gasteiger partial charge is 0.488 e. The summed E-state index contributed by atoms with van der Waals surface area (Å²) in [5.41, 5.74) is 1.83. The molecule has 0 aliphatic carbocycles. The molecule has 1 fully saturated rings. The van der Waals surface area contributed by atoms with Crippen LogP contribution >= 0.6 is 39.5 Å². The number of nitro benzene ring substituents is 1. The van der Waals surface area contributed by atoms with Gasteiger partial charge in [0.15, 0.2) is 0 Å². The molecule has 1 aliphatic heterocycles. The molecule has 1 saturated heterocycles. The normalized spacial score (nSPS) is 14.2. The molecule has 1 heterocycles.